The number of hydrogen-bond acceptors (Lipinski definition) is 2. The Balaban J connectivity index is 2.78. The van der Waals surface area contributed by atoms with Crippen molar-refractivity contribution in [1.29, 1.82) is 0 Å². The Bertz CT molecular complexity index is 381. The first-order chi connectivity index (χ1) is 7.54. The lowest BCUT2D eigenvalue weighted by Gasteiger charge is -2.23. The SMILES string of the molecule is C=C(CN(CC)c1ccc(C)cc1)C(=O)O. The Morgan fingerprint density at radius 2 is 1.94 bits per heavy atom. The molecule has 86 valence electrons. The zero-order valence-corrected chi connectivity index (χ0v) is 9.73. The van der Waals surface area contributed by atoms with E-state index in [9.17, 15) is 4.79 Å². The van der Waals surface area contributed by atoms with Crippen molar-refractivity contribution in [2.75, 3.05) is 18.0 Å². The lowest BCUT2D eigenvalue weighted by Crippen LogP contribution is -2.27. The van der Waals surface area contributed by atoms with Gasteiger partial charge in [-0.1, -0.05) is 24.3 Å². The molecule has 0 heterocycles. The van der Waals surface area contributed by atoms with Gasteiger partial charge in [0, 0.05) is 24.4 Å². The summed E-state index contributed by atoms with van der Waals surface area (Å²) in [5.41, 5.74) is 2.43. The fraction of sp³-hybridized carbons (Fsp3) is 0.308. The van der Waals surface area contributed by atoms with Crippen LogP contribution in [-0.2, 0) is 4.79 Å². The van der Waals surface area contributed by atoms with Gasteiger partial charge in [0.05, 0.1) is 0 Å². The molecular weight excluding hydrogens is 202 g/mol. The number of likely N-dealkylation sites (N-methyl/N-ethyl adjacent to an activating group) is 1. The Morgan fingerprint density at radius 1 is 1.38 bits per heavy atom. The van der Waals surface area contributed by atoms with Crippen LogP contribution in [0.3, 0.4) is 0 Å². The van der Waals surface area contributed by atoms with Crippen LogP contribution in [0.1, 0.15) is 12.5 Å². The molecule has 0 unspecified atom stereocenters. The molecular formula is C13H17NO2. The molecule has 0 saturated heterocycles. The summed E-state index contributed by atoms with van der Waals surface area (Å²) in [6.07, 6.45) is 0. The molecule has 3 heteroatoms. The molecule has 0 fully saturated rings. The second kappa shape index (κ2) is 5.35. The van der Waals surface area contributed by atoms with E-state index in [0.29, 0.717) is 6.54 Å². The van der Waals surface area contributed by atoms with Crippen LogP contribution in [0.25, 0.3) is 0 Å². The van der Waals surface area contributed by atoms with Crippen LogP contribution in [-0.4, -0.2) is 24.2 Å². The zero-order valence-electron chi connectivity index (χ0n) is 9.73. The van der Waals surface area contributed by atoms with Crippen LogP contribution in [0.2, 0.25) is 0 Å². The van der Waals surface area contributed by atoms with Crippen molar-refractivity contribution in [3.05, 3.63) is 42.0 Å². The normalized spacial score (nSPS) is 9.88. The quantitative estimate of drug-likeness (QED) is 0.773. The highest BCUT2D eigenvalue weighted by Crippen LogP contribution is 2.15. The summed E-state index contributed by atoms with van der Waals surface area (Å²) in [4.78, 5) is 12.7. The van der Waals surface area contributed by atoms with Gasteiger partial charge in [-0.25, -0.2) is 4.79 Å². The van der Waals surface area contributed by atoms with Crippen LogP contribution >= 0.6 is 0 Å². The molecule has 0 bridgehead atoms. The number of rotatable bonds is 5. The second-order valence-corrected chi connectivity index (χ2v) is 3.76. The van der Waals surface area contributed by atoms with Gasteiger partial charge in [-0.2, -0.15) is 0 Å². The maximum Gasteiger partial charge on any atom is 0.332 e. The van der Waals surface area contributed by atoms with Crippen molar-refractivity contribution in [3.63, 3.8) is 0 Å². The average molecular weight is 219 g/mol. The van der Waals surface area contributed by atoms with Gasteiger partial charge in [0.2, 0.25) is 0 Å². The molecule has 0 aliphatic heterocycles. The van der Waals surface area contributed by atoms with Crippen LogP contribution < -0.4 is 4.90 Å². The number of carboxylic acids is 1. The first kappa shape index (κ1) is 12.3. The molecule has 1 N–H and O–H groups in total. The smallest absolute Gasteiger partial charge is 0.332 e. The van der Waals surface area contributed by atoms with Crippen LogP contribution in [0.4, 0.5) is 5.69 Å². The number of hydrogen-bond donors (Lipinski definition) is 1. The Morgan fingerprint density at radius 3 is 2.38 bits per heavy atom. The van der Waals surface area contributed by atoms with E-state index in [1.807, 2.05) is 43.0 Å². The largest absolute Gasteiger partial charge is 0.478 e. The number of nitrogens with zero attached hydrogens (tertiary/aromatic N) is 1. The summed E-state index contributed by atoms with van der Waals surface area (Å²) in [5.74, 6) is -0.939. The molecule has 0 spiro atoms. The van der Waals surface area contributed by atoms with E-state index in [2.05, 4.69) is 6.58 Å². The Labute approximate surface area is 96.0 Å². The first-order valence-corrected chi connectivity index (χ1v) is 5.27. The minimum absolute atomic E-state index is 0.211. The van der Waals surface area contributed by atoms with Crippen LogP contribution in [0, 0.1) is 6.92 Å². The number of anilines is 1. The number of aliphatic carboxylic acids is 1. The van der Waals surface area contributed by atoms with Gasteiger partial charge in [0.15, 0.2) is 0 Å². The van der Waals surface area contributed by atoms with Gasteiger partial charge < -0.3 is 10.0 Å². The van der Waals surface area contributed by atoms with Gasteiger partial charge in [-0.15, -0.1) is 0 Å². The van der Waals surface area contributed by atoms with E-state index < -0.39 is 5.97 Å². The molecule has 0 saturated carbocycles. The maximum atomic E-state index is 10.7. The summed E-state index contributed by atoms with van der Waals surface area (Å²) in [6.45, 7) is 8.68. The van der Waals surface area contributed by atoms with E-state index in [0.717, 1.165) is 12.2 Å². The lowest BCUT2D eigenvalue weighted by atomic mass is 10.2. The van der Waals surface area contributed by atoms with Gasteiger partial charge in [-0.05, 0) is 26.0 Å². The van der Waals surface area contributed by atoms with E-state index in [1.54, 1.807) is 0 Å². The molecule has 0 radical (unpaired) electrons. The molecule has 0 atom stereocenters. The number of aryl methyl sites for hydroxylation is 1. The number of carbonyl (C=O) groups is 1. The molecule has 16 heavy (non-hydrogen) atoms. The summed E-state index contributed by atoms with van der Waals surface area (Å²) in [7, 11) is 0. The second-order valence-electron chi connectivity index (χ2n) is 3.76. The van der Waals surface area contributed by atoms with Gasteiger partial charge >= 0.3 is 5.97 Å². The van der Waals surface area contributed by atoms with E-state index in [1.165, 1.54) is 5.56 Å². The fourth-order valence-corrected chi connectivity index (χ4v) is 1.44. The third-order valence-electron chi connectivity index (χ3n) is 2.47. The first-order valence-electron chi connectivity index (χ1n) is 5.27. The molecule has 1 rings (SSSR count). The predicted octanol–water partition coefficient (Wildman–Crippen LogP) is 2.46. The molecule has 1 aromatic rings. The minimum atomic E-state index is -0.939. The minimum Gasteiger partial charge on any atom is -0.478 e. The van der Waals surface area contributed by atoms with Gasteiger partial charge in [0.1, 0.15) is 0 Å². The topological polar surface area (TPSA) is 40.5 Å². The predicted molar refractivity (Wildman–Crippen MR) is 65.8 cm³/mol. The molecule has 0 aliphatic rings. The highest BCUT2D eigenvalue weighted by atomic mass is 16.4. The summed E-state index contributed by atoms with van der Waals surface area (Å²) in [5, 5.41) is 8.79. The highest BCUT2D eigenvalue weighted by molar-refractivity contribution is 5.87. The highest BCUT2D eigenvalue weighted by Gasteiger charge is 2.10. The number of benzene rings is 1. The van der Waals surface area contributed by atoms with E-state index in [4.69, 9.17) is 5.11 Å². The Hall–Kier alpha value is -1.77. The number of carboxylic acid groups (broad SMARTS) is 1. The van der Waals surface area contributed by atoms with Crippen molar-refractivity contribution in [2.45, 2.75) is 13.8 Å². The molecule has 0 aromatic heterocycles. The monoisotopic (exact) mass is 219 g/mol. The lowest BCUT2D eigenvalue weighted by molar-refractivity contribution is -0.132. The van der Waals surface area contributed by atoms with Gasteiger partial charge in [0.25, 0.3) is 0 Å². The van der Waals surface area contributed by atoms with Gasteiger partial charge in [-0.3, -0.25) is 0 Å². The van der Waals surface area contributed by atoms with E-state index in [-0.39, 0.29) is 5.57 Å². The summed E-state index contributed by atoms with van der Waals surface area (Å²) in [6, 6.07) is 8.02. The standard InChI is InChI=1S/C13H17NO2/c1-4-14(9-11(3)13(15)16)12-7-5-10(2)6-8-12/h5-8H,3-4,9H2,1-2H3,(H,15,16). The average Bonchev–Trinajstić information content (AvgIpc) is 2.26. The van der Waals surface area contributed by atoms with Crippen molar-refractivity contribution < 1.29 is 9.90 Å². The zero-order chi connectivity index (χ0) is 12.1. The summed E-state index contributed by atoms with van der Waals surface area (Å²) < 4.78 is 0. The molecule has 1 aromatic carbocycles. The van der Waals surface area contributed by atoms with Crippen LogP contribution in [0.5, 0.6) is 0 Å². The maximum absolute atomic E-state index is 10.7. The molecule has 0 aliphatic carbocycles. The van der Waals surface area contributed by atoms with Crippen molar-refractivity contribution >= 4 is 11.7 Å². The van der Waals surface area contributed by atoms with E-state index >= 15 is 0 Å². The third-order valence-corrected chi connectivity index (χ3v) is 2.47. The molecule has 0 amide bonds. The fourth-order valence-electron chi connectivity index (χ4n) is 1.44. The third kappa shape index (κ3) is 3.12. The van der Waals surface area contributed by atoms with Crippen molar-refractivity contribution in [1.82, 2.24) is 0 Å². The molecule has 3 nitrogen and oxygen atoms in total. The van der Waals surface area contributed by atoms with Crippen molar-refractivity contribution in [3.8, 4) is 0 Å². The summed E-state index contributed by atoms with van der Waals surface area (Å²) >= 11 is 0. The Kier molecular flexibility index (Phi) is 4.11. The van der Waals surface area contributed by atoms with Crippen LogP contribution in [0.15, 0.2) is 36.4 Å². The van der Waals surface area contributed by atoms with Crippen molar-refractivity contribution in [2.24, 2.45) is 0 Å².